The summed E-state index contributed by atoms with van der Waals surface area (Å²) >= 11 is 0. The molecule has 6 nitrogen and oxygen atoms in total. The first-order valence-corrected chi connectivity index (χ1v) is 6.02. The summed E-state index contributed by atoms with van der Waals surface area (Å²) in [5, 5.41) is 16.5. The number of hydrogen-bond acceptors (Lipinski definition) is 3. The smallest absolute Gasteiger partial charge is 0.353 e. The third kappa shape index (κ3) is 1.82. The Bertz CT molecular complexity index is 801. The molecular formula is C14H13N3O3. The van der Waals surface area contributed by atoms with Gasteiger partial charge in [0.25, 0.3) is 0 Å². The van der Waals surface area contributed by atoms with Crippen LogP contribution in [0.4, 0.5) is 0 Å². The van der Waals surface area contributed by atoms with Crippen LogP contribution in [0.3, 0.4) is 0 Å². The van der Waals surface area contributed by atoms with Crippen LogP contribution in [0.15, 0.2) is 30.5 Å². The first-order chi connectivity index (χ1) is 9.60. The quantitative estimate of drug-likeness (QED) is 0.765. The summed E-state index contributed by atoms with van der Waals surface area (Å²) in [6.07, 6.45) is 1.96. The lowest BCUT2D eigenvalue weighted by Gasteiger charge is -2.07. The molecule has 3 aromatic rings. The highest BCUT2D eigenvalue weighted by Gasteiger charge is 2.14. The van der Waals surface area contributed by atoms with Crippen molar-refractivity contribution in [2.45, 2.75) is 0 Å². The summed E-state index contributed by atoms with van der Waals surface area (Å²) in [7, 11) is 3.53. The predicted octanol–water partition coefficient (Wildman–Crippen LogP) is 2.28. The van der Waals surface area contributed by atoms with Crippen molar-refractivity contribution in [3.8, 4) is 17.0 Å². The number of aromatic nitrogens is 3. The number of nitrogens with zero attached hydrogens (tertiary/aromatic N) is 2. The lowest BCUT2D eigenvalue weighted by molar-refractivity contribution is 0.0690. The molecule has 2 N–H and O–H groups in total. The van der Waals surface area contributed by atoms with Gasteiger partial charge in [-0.1, -0.05) is 0 Å². The molecule has 2 aromatic heterocycles. The van der Waals surface area contributed by atoms with E-state index in [2.05, 4.69) is 10.2 Å². The fourth-order valence-electron chi connectivity index (χ4n) is 2.23. The standard InChI is InChI=1S/C14H13N3O3/c1-17-4-3-8-5-13(20-2)9(6-12(8)17)10-7-11(14(18)19)16-15-10/h3-7H,1-2H3,(H,15,16)(H,18,19). The maximum Gasteiger partial charge on any atom is 0.353 e. The van der Waals surface area contributed by atoms with Gasteiger partial charge in [0.15, 0.2) is 0 Å². The number of H-pyrrole nitrogens is 1. The van der Waals surface area contributed by atoms with Crippen molar-refractivity contribution in [1.29, 1.82) is 0 Å². The Hall–Kier alpha value is -2.76. The van der Waals surface area contributed by atoms with Crippen molar-refractivity contribution >= 4 is 16.9 Å². The molecule has 2 heterocycles. The van der Waals surface area contributed by atoms with Crippen LogP contribution < -0.4 is 4.74 Å². The molecule has 20 heavy (non-hydrogen) atoms. The van der Waals surface area contributed by atoms with Crippen molar-refractivity contribution in [2.75, 3.05) is 7.11 Å². The van der Waals surface area contributed by atoms with Gasteiger partial charge in [-0.3, -0.25) is 5.10 Å². The van der Waals surface area contributed by atoms with Crippen LogP contribution in [0.25, 0.3) is 22.2 Å². The van der Waals surface area contributed by atoms with E-state index in [1.807, 2.05) is 36.0 Å². The van der Waals surface area contributed by atoms with E-state index in [9.17, 15) is 4.79 Å². The third-order valence-corrected chi connectivity index (χ3v) is 3.29. The monoisotopic (exact) mass is 271 g/mol. The van der Waals surface area contributed by atoms with E-state index in [1.54, 1.807) is 7.11 Å². The summed E-state index contributed by atoms with van der Waals surface area (Å²) in [5.41, 5.74) is 2.38. The zero-order valence-corrected chi connectivity index (χ0v) is 11.0. The van der Waals surface area contributed by atoms with Crippen LogP contribution in [0, 0.1) is 0 Å². The summed E-state index contributed by atoms with van der Waals surface area (Å²) in [4.78, 5) is 10.9. The van der Waals surface area contributed by atoms with Crippen molar-refractivity contribution in [3.63, 3.8) is 0 Å². The number of hydrogen-bond donors (Lipinski definition) is 2. The molecule has 0 unspecified atom stereocenters. The molecule has 0 radical (unpaired) electrons. The number of rotatable bonds is 3. The molecule has 0 saturated heterocycles. The van der Waals surface area contributed by atoms with E-state index in [1.165, 1.54) is 6.07 Å². The molecule has 0 fully saturated rings. The first-order valence-electron chi connectivity index (χ1n) is 6.02. The summed E-state index contributed by atoms with van der Waals surface area (Å²) in [5.74, 6) is -0.380. The van der Waals surface area contributed by atoms with Crippen LogP contribution in [0.1, 0.15) is 10.5 Å². The minimum atomic E-state index is -1.04. The van der Waals surface area contributed by atoms with E-state index in [0.717, 1.165) is 16.5 Å². The average Bonchev–Trinajstić information content (AvgIpc) is 3.05. The molecule has 0 aliphatic rings. The zero-order valence-electron chi connectivity index (χ0n) is 11.0. The topological polar surface area (TPSA) is 80.1 Å². The van der Waals surface area contributed by atoms with Crippen LogP contribution in [-0.2, 0) is 7.05 Å². The number of carboxylic acid groups (broad SMARTS) is 1. The van der Waals surface area contributed by atoms with Crippen LogP contribution >= 0.6 is 0 Å². The Balaban J connectivity index is 2.21. The molecule has 1 aromatic carbocycles. The number of aromatic amines is 1. The van der Waals surface area contributed by atoms with Crippen LogP contribution in [-0.4, -0.2) is 33.0 Å². The van der Waals surface area contributed by atoms with Gasteiger partial charge in [-0.2, -0.15) is 5.10 Å². The number of methoxy groups -OCH3 is 1. The molecule has 0 spiro atoms. The lowest BCUT2D eigenvalue weighted by Crippen LogP contribution is -1.95. The maximum absolute atomic E-state index is 10.9. The zero-order chi connectivity index (χ0) is 14.3. The second-order valence-electron chi connectivity index (χ2n) is 4.51. The van der Waals surface area contributed by atoms with Crippen LogP contribution in [0.2, 0.25) is 0 Å². The van der Waals surface area contributed by atoms with Gasteiger partial charge in [0, 0.05) is 29.7 Å². The molecule has 0 aliphatic heterocycles. The Kier molecular flexibility index (Phi) is 2.71. The van der Waals surface area contributed by atoms with Crippen molar-refractivity contribution in [1.82, 2.24) is 14.8 Å². The van der Waals surface area contributed by atoms with E-state index >= 15 is 0 Å². The van der Waals surface area contributed by atoms with E-state index in [-0.39, 0.29) is 5.69 Å². The Morgan fingerprint density at radius 2 is 2.20 bits per heavy atom. The fourth-order valence-corrected chi connectivity index (χ4v) is 2.23. The number of aromatic carboxylic acids is 1. The molecule has 0 amide bonds. The second kappa shape index (κ2) is 4.41. The maximum atomic E-state index is 10.9. The number of carbonyl (C=O) groups is 1. The Morgan fingerprint density at radius 3 is 2.85 bits per heavy atom. The first kappa shape index (κ1) is 12.3. The molecule has 3 rings (SSSR count). The van der Waals surface area contributed by atoms with Gasteiger partial charge in [-0.05, 0) is 24.3 Å². The number of ether oxygens (including phenoxy) is 1. The lowest BCUT2D eigenvalue weighted by atomic mass is 10.1. The highest BCUT2D eigenvalue weighted by molar-refractivity contribution is 5.91. The fraction of sp³-hybridized carbons (Fsp3) is 0.143. The Labute approximate surface area is 114 Å². The molecule has 102 valence electrons. The van der Waals surface area contributed by atoms with E-state index < -0.39 is 5.97 Å². The molecule has 0 saturated carbocycles. The normalized spacial score (nSPS) is 10.9. The van der Waals surface area contributed by atoms with Gasteiger partial charge in [-0.15, -0.1) is 0 Å². The summed E-state index contributed by atoms with van der Waals surface area (Å²) in [6.45, 7) is 0. The van der Waals surface area contributed by atoms with Gasteiger partial charge in [0.1, 0.15) is 11.4 Å². The summed E-state index contributed by atoms with van der Waals surface area (Å²) in [6, 6.07) is 7.35. The van der Waals surface area contributed by atoms with Crippen molar-refractivity contribution in [3.05, 3.63) is 36.2 Å². The van der Waals surface area contributed by atoms with E-state index in [4.69, 9.17) is 9.84 Å². The highest BCUT2D eigenvalue weighted by atomic mass is 16.5. The van der Waals surface area contributed by atoms with Crippen molar-refractivity contribution < 1.29 is 14.6 Å². The van der Waals surface area contributed by atoms with Gasteiger partial charge >= 0.3 is 5.97 Å². The Morgan fingerprint density at radius 1 is 1.40 bits per heavy atom. The van der Waals surface area contributed by atoms with Crippen LogP contribution in [0.5, 0.6) is 5.75 Å². The largest absolute Gasteiger partial charge is 0.496 e. The van der Waals surface area contributed by atoms with Crippen molar-refractivity contribution in [2.24, 2.45) is 7.05 Å². The summed E-state index contributed by atoms with van der Waals surface area (Å²) < 4.78 is 7.37. The molecule has 0 atom stereocenters. The number of nitrogens with one attached hydrogen (secondary N) is 1. The minimum absolute atomic E-state index is 0.0500. The molecule has 6 heteroatoms. The predicted molar refractivity (Wildman–Crippen MR) is 74.0 cm³/mol. The number of fused-ring (bicyclic) bond motifs is 1. The number of benzene rings is 1. The van der Waals surface area contributed by atoms with E-state index in [0.29, 0.717) is 11.4 Å². The SMILES string of the molecule is COc1cc2ccn(C)c2cc1-c1cc(C(=O)O)[nH]n1. The van der Waals surface area contributed by atoms with Gasteiger partial charge in [-0.25, -0.2) is 4.79 Å². The second-order valence-corrected chi connectivity index (χ2v) is 4.51. The van der Waals surface area contributed by atoms with Gasteiger partial charge < -0.3 is 14.4 Å². The molecule has 0 bridgehead atoms. The average molecular weight is 271 g/mol. The third-order valence-electron chi connectivity index (χ3n) is 3.29. The van der Waals surface area contributed by atoms with Gasteiger partial charge in [0.05, 0.1) is 12.8 Å². The number of aryl methyl sites for hydroxylation is 1. The number of carboxylic acids is 1. The van der Waals surface area contributed by atoms with Gasteiger partial charge in [0.2, 0.25) is 0 Å². The molecule has 0 aliphatic carbocycles. The highest BCUT2D eigenvalue weighted by Crippen LogP contribution is 2.33. The molecular weight excluding hydrogens is 258 g/mol. The minimum Gasteiger partial charge on any atom is -0.496 e.